The standard InChI is InChI=1S/C21H37NO2/c1-12(22)16-6-7-17-15-5-4-13-10-14(23)8-9-20(13,2)19(15)18(24)11-21(16,17)3/h12-19,23-24H,4-11,22H2,1-3H3/t12-,13?,14-,15?,16?,17?,18?,19?,20-,21+/m0/s1. The lowest BCUT2D eigenvalue weighted by Crippen LogP contribution is -2.59. The number of nitrogens with two attached hydrogens (primary N) is 1. The Morgan fingerprint density at radius 1 is 1.00 bits per heavy atom. The predicted molar refractivity (Wildman–Crippen MR) is 96.3 cm³/mol. The van der Waals surface area contributed by atoms with E-state index in [4.69, 9.17) is 5.73 Å². The number of fused-ring (bicyclic) bond motifs is 5. The highest BCUT2D eigenvalue weighted by Gasteiger charge is 2.63. The van der Waals surface area contributed by atoms with E-state index >= 15 is 0 Å². The molecule has 0 saturated heterocycles. The molecule has 4 N–H and O–H groups in total. The van der Waals surface area contributed by atoms with Crippen molar-refractivity contribution >= 4 is 0 Å². The van der Waals surface area contributed by atoms with Crippen molar-refractivity contribution < 1.29 is 10.2 Å². The van der Waals surface area contributed by atoms with E-state index in [1.165, 1.54) is 25.7 Å². The maximum absolute atomic E-state index is 11.3. The molecule has 0 bridgehead atoms. The van der Waals surface area contributed by atoms with Crippen LogP contribution in [-0.2, 0) is 0 Å². The zero-order valence-electron chi connectivity index (χ0n) is 15.7. The molecule has 138 valence electrons. The largest absolute Gasteiger partial charge is 0.393 e. The summed E-state index contributed by atoms with van der Waals surface area (Å²) in [5.74, 6) is 3.02. The fourth-order valence-electron chi connectivity index (χ4n) is 8.26. The molecule has 0 heterocycles. The molecule has 4 rings (SSSR count). The van der Waals surface area contributed by atoms with Gasteiger partial charge in [-0.25, -0.2) is 0 Å². The van der Waals surface area contributed by atoms with E-state index in [0.29, 0.717) is 23.7 Å². The molecule has 10 atom stereocenters. The van der Waals surface area contributed by atoms with Crippen molar-refractivity contribution in [3.63, 3.8) is 0 Å². The number of aliphatic hydroxyl groups is 2. The maximum atomic E-state index is 11.3. The van der Waals surface area contributed by atoms with Gasteiger partial charge in [-0.3, -0.25) is 0 Å². The molecule has 3 nitrogen and oxygen atoms in total. The third-order valence-corrected chi connectivity index (χ3v) is 9.27. The minimum absolute atomic E-state index is 0.112. The lowest BCUT2D eigenvalue weighted by molar-refractivity contribution is -0.178. The molecular formula is C21H37NO2. The van der Waals surface area contributed by atoms with Gasteiger partial charge in [-0.05, 0) is 98.7 Å². The maximum Gasteiger partial charge on any atom is 0.0581 e. The first-order valence-corrected chi connectivity index (χ1v) is 10.4. The summed E-state index contributed by atoms with van der Waals surface area (Å²) in [6.45, 7) is 7.03. The van der Waals surface area contributed by atoms with Crippen LogP contribution in [0.4, 0.5) is 0 Å². The molecule has 3 heteroatoms. The first-order chi connectivity index (χ1) is 11.3. The zero-order valence-corrected chi connectivity index (χ0v) is 15.7. The predicted octanol–water partition coefficient (Wildman–Crippen LogP) is 3.32. The van der Waals surface area contributed by atoms with Crippen molar-refractivity contribution in [2.75, 3.05) is 0 Å². The molecule has 0 radical (unpaired) electrons. The summed E-state index contributed by atoms with van der Waals surface area (Å²) in [6.07, 6.45) is 8.67. The highest BCUT2D eigenvalue weighted by atomic mass is 16.3. The van der Waals surface area contributed by atoms with Crippen LogP contribution in [-0.4, -0.2) is 28.5 Å². The molecule has 24 heavy (non-hydrogen) atoms. The third-order valence-electron chi connectivity index (χ3n) is 9.27. The second-order valence-corrected chi connectivity index (χ2v) is 10.3. The van der Waals surface area contributed by atoms with Gasteiger partial charge in [-0.1, -0.05) is 13.8 Å². The Morgan fingerprint density at radius 3 is 2.46 bits per heavy atom. The van der Waals surface area contributed by atoms with E-state index in [1.54, 1.807) is 0 Å². The second kappa shape index (κ2) is 5.69. The van der Waals surface area contributed by atoms with Crippen LogP contribution in [0.2, 0.25) is 0 Å². The molecule has 4 saturated carbocycles. The molecule has 4 fully saturated rings. The normalized spacial score (nSPS) is 58.5. The monoisotopic (exact) mass is 335 g/mol. The van der Waals surface area contributed by atoms with E-state index in [0.717, 1.165) is 31.6 Å². The topological polar surface area (TPSA) is 66.5 Å². The Bertz CT molecular complexity index is 494. The van der Waals surface area contributed by atoms with Crippen molar-refractivity contribution in [1.29, 1.82) is 0 Å². The Hall–Kier alpha value is -0.120. The van der Waals surface area contributed by atoms with E-state index in [1.807, 2.05) is 0 Å². The van der Waals surface area contributed by atoms with E-state index in [9.17, 15) is 10.2 Å². The molecule has 0 amide bonds. The Kier molecular flexibility index (Phi) is 4.10. The number of hydrogen-bond acceptors (Lipinski definition) is 3. The van der Waals surface area contributed by atoms with Crippen LogP contribution in [0.15, 0.2) is 0 Å². The first-order valence-electron chi connectivity index (χ1n) is 10.4. The van der Waals surface area contributed by atoms with Crippen LogP contribution in [0.25, 0.3) is 0 Å². The lowest BCUT2D eigenvalue weighted by atomic mass is 9.43. The van der Waals surface area contributed by atoms with Crippen molar-refractivity contribution in [3.05, 3.63) is 0 Å². The molecule has 4 aliphatic rings. The minimum atomic E-state index is -0.182. The molecule has 0 aliphatic heterocycles. The van der Waals surface area contributed by atoms with Gasteiger partial charge < -0.3 is 15.9 Å². The summed E-state index contributed by atoms with van der Waals surface area (Å²) in [5.41, 5.74) is 6.80. The van der Waals surface area contributed by atoms with Gasteiger partial charge in [0.25, 0.3) is 0 Å². The van der Waals surface area contributed by atoms with E-state index < -0.39 is 0 Å². The fourth-order valence-corrected chi connectivity index (χ4v) is 8.26. The Morgan fingerprint density at radius 2 is 1.75 bits per heavy atom. The SMILES string of the molecule is C[C@H](N)C1CCC2C3CCC4C[C@@H](O)CC[C@]4(C)C3C(O)C[C@@]21C. The highest BCUT2D eigenvalue weighted by Crippen LogP contribution is 2.67. The van der Waals surface area contributed by atoms with Crippen LogP contribution in [0.1, 0.15) is 72.1 Å². The summed E-state index contributed by atoms with van der Waals surface area (Å²) in [4.78, 5) is 0. The van der Waals surface area contributed by atoms with Gasteiger partial charge in [0.1, 0.15) is 0 Å². The van der Waals surface area contributed by atoms with Gasteiger partial charge in [-0.2, -0.15) is 0 Å². The van der Waals surface area contributed by atoms with Gasteiger partial charge in [0.15, 0.2) is 0 Å². The summed E-state index contributed by atoms with van der Waals surface area (Å²) in [5, 5.41) is 21.4. The number of aliphatic hydroxyl groups excluding tert-OH is 2. The Balaban J connectivity index is 1.66. The van der Waals surface area contributed by atoms with Gasteiger partial charge in [-0.15, -0.1) is 0 Å². The van der Waals surface area contributed by atoms with Crippen LogP contribution in [0, 0.1) is 40.4 Å². The van der Waals surface area contributed by atoms with Crippen LogP contribution in [0.5, 0.6) is 0 Å². The lowest BCUT2D eigenvalue weighted by Gasteiger charge is -2.62. The average Bonchev–Trinajstić information content (AvgIpc) is 2.84. The van der Waals surface area contributed by atoms with Crippen LogP contribution < -0.4 is 5.73 Å². The summed E-state index contributed by atoms with van der Waals surface area (Å²) >= 11 is 0. The third kappa shape index (κ3) is 2.27. The molecule has 0 aromatic carbocycles. The summed E-state index contributed by atoms with van der Waals surface area (Å²) in [6, 6.07) is 0.237. The average molecular weight is 336 g/mol. The van der Waals surface area contributed by atoms with Crippen LogP contribution in [0.3, 0.4) is 0 Å². The van der Waals surface area contributed by atoms with Crippen molar-refractivity contribution in [1.82, 2.24) is 0 Å². The van der Waals surface area contributed by atoms with E-state index in [-0.39, 0.29) is 29.1 Å². The number of hydrogen-bond donors (Lipinski definition) is 3. The number of rotatable bonds is 1. The molecule has 0 aromatic rings. The summed E-state index contributed by atoms with van der Waals surface area (Å²) in [7, 11) is 0. The molecule has 4 aliphatic carbocycles. The van der Waals surface area contributed by atoms with Gasteiger partial charge in [0.05, 0.1) is 12.2 Å². The molecular weight excluding hydrogens is 298 g/mol. The first kappa shape index (κ1) is 17.3. The quantitative estimate of drug-likeness (QED) is 0.688. The zero-order chi connectivity index (χ0) is 17.3. The van der Waals surface area contributed by atoms with Gasteiger partial charge in [0, 0.05) is 6.04 Å². The minimum Gasteiger partial charge on any atom is -0.393 e. The second-order valence-electron chi connectivity index (χ2n) is 10.3. The fraction of sp³-hybridized carbons (Fsp3) is 1.00. The molecule has 0 aromatic heterocycles. The van der Waals surface area contributed by atoms with E-state index in [2.05, 4.69) is 20.8 Å². The van der Waals surface area contributed by atoms with Gasteiger partial charge >= 0.3 is 0 Å². The summed E-state index contributed by atoms with van der Waals surface area (Å²) < 4.78 is 0. The highest BCUT2D eigenvalue weighted by molar-refractivity contribution is 5.12. The van der Waals surface area contributed by atoms with Gasteiger partial charge in [0.2, 0.25) is 0 Å². The molecule has 0 spiro atoms. The Labute approximate surface area is 147 Å². The molecule has 6 unspecified atom stereocenters. The smallest absolute Gasteiger partial charge is 0.0581 e. The van der Waals surface area contributed by atoms with Crippen molar-refractivity contribution in [2.24, 2.45) is 46.2 Å². The van der Waals surface area contributed by atoms with Crippen molar-refractivity contribution in [2.45, 2.75) is 90.4 Å². The van der Waals surface area contributed by atoms with Crippen LogP contribution >= 0.6 is 0 Å². The van der Waals surface area contributed by atoms with Crippen molar-refractivity contribution in [3.8, 4) is 0 Å².